The highest BCUT2D eigenvalue weighted by Gasteiger charge is 2.29. The highest BCUT2D eigenvalue weighted by molar-refractivity contribution is 7.93. The van der Waals surface area contributed by atoms with Crippen molar-refractivity contribution in [2.45, 2.75) is 50.5 Å². The maximum absolute atomic E-state index is 12.4. The number of benzene rings is 2. The maximum atomic E-state index is 12.4. The maximum Gasteiger partial charge on any atom is 0.235 e. The fourth-order valence-corrected chi connectivity index (χ4v) is 5.94. The van der Waals surface area contributed by atoms with Gasteiger partial charge in [-0.05, 0) is 68.9 Å². The summed E-state index contributed by atoms with van der Waals surface area (Å²) in [5.41, 5.74) is 3.75. The second-order valence-electron chi connectivity index (χ2n) is 8.60. The summed E-state index contributed by atoms with van der Waals surface area (Å²) in [6, 6.07) is 15.4. The molecule has 0 aliphatic carbocycles. The van der Waals surface area contributed by atoms with Gasteiger partial charge in [0.25, 0.3) is 0 Å². The standard InChI is InChI=1S/C22H29NO4S2/c1-22(2,3)28(24,25)17-20-12-9-18(10-13-20)8-11-19-6-4-7-21(16-19)23-14-5-15-29(23,26)27/h4,6-7,9-10,12-13,16H,5,8,11,14-15,17H2,1-3H3. The fourth-order valence-electron chi connectivity index (χ4n) is 3.32. The molecule has 1 heterocycles. The summed E-state index contributed by atoms with van der Waals surface area (Å²) >= 11 is 0. The number of rotatable bonds is 6. The van der Waals surface area contributed by atoms with Crippen LogP contribution in [0.15, 0.2) is 48.5 Å². The summed E-state index contributed by atoms with van der Waals surface area (Å²) in [6.45, 7) is 5.71. The Morgan fingerprint density at radius 2 is 1.55 bits per heavy atom. The molecule has 1 aliphatic heterocycles. The van der Waals surface area contributed by atoms with Gasteiger partial charge in [0.05, 0.1) is 21.9 Å². The minimum Gasteiger partial charge on any atom is -0.270 e. The molecule has 0 atom stereocenters. The molecule has 0 radical (unpaired) electrons. The molecule has 3 rings (SSSR count). The molecule has 2 aromatic carbocycles. The van der Waals surface area contributed by atoms with E-state index >= 15 is 0 Å². The number of anilines is 1. The van der Waals surface area contributed by atoms with Crippen molar-refractivity contribution in [2.24, 2.45) is 0 Å². The molecule has 158 valence electrons. The average Bonchev–Trinajstić information content (AvgIpc) is 2.99. The number of hydrogen-bond acceptors (Lipinski definition) is 4. The number of aryl methyl sites for hydroxylation is 2. The lowest BCUT2D eigenvalue weighted by Gasteiger charge is -2.19. The first kappa shape index (κ1) is 21.8. The third kappa shape index (κ3) is 5.20. The van der Waals surface area contributed by atoms with E-state index in [2.05, 4.69) is 0 Å². The Morgan fingerprint density at radius 1 is 0.931 bits per heavy atom. The quantitative estimate of drug-likeness (QED) is 0.693. The molecule has 1 aliphatic rings. The molecule has 5 nitrogen and oxygen atoms in total. The summed E-state index contributed by atoms with van der Waals surface area (Å²) < 4.78 is 49.7. The van der Waals surface area contributed by atoms with E-state index in [1.54, 1.807) is 20.8 Å². The van der Waals surface area contributed by atoms with Gasteiger partial charge in [-0.3, -0.25) is 4.31 Å². The molecule has 7 heteroatoms. The van der Waals surface area contributed by atoms with Crippen LogP contribution in [0, 0.1) is 0 Å². The van der Waals surface area contributed by atoms with E-state index in [4.69, 9.17) is 0 Å². The van der Waals surface area contributed by atoms with Crippen molar-refractivity contribution in [3.05, 3.63) is 65.2 Å². The molecule has 0 aromatic heterocycles. The Labute approximate surface area is 174 Å². The smallest absolute Gasteiger partial charge is 0.235 e. The molecule has 0 bridgehead atoms. The van der Waals surface area contributed by atoms with Gasteiger partial charge >= 0.3 is 0 Å². The molecule has 1 saturated heterocycles. The van der Waals surface area contributed by atoms with E-state index in [0.717, 1.165) is 35.2 Å². The van der Waals surface area contributed by atoms with E-state index in [-0.39, 0.29) is 11.5 Å². The molecule has 0 saturated carbocycles. The third-order valence-electron chi connectivity index (χ3n) is 5.31. The molecule has 0 spiro atoms. The highest BCUT2D eigenvalue weighted by atomic mass is 32.2. The van der Waals surface area contributed by atoms with Gasteiger partial charge in [-0.25, -0.2) is 16.8 Å². The Morgan fingerprint density at radius 3 is 2.14 bits per heavy atom. The highest BCUT2D eigenvalue weighted by Crippen LogP contribution is 2.25. The predicted molar refractivity (Wildman–Crippen MR) is 118 cm³/mol. The SMILES string of the molecule is CC(C)(C)S(=O)(=O)Cc1ccc(CCc2cccc(N3CCCS3(=O)=O)c2)cc1. The molecule has 0 amide bonds. The Kier molecular flexibility index (Phi) is 6.11. The average molecular weight is 436 g/mol. The predicted octanol–water partition coefficient (Wildman–Crippen LogP) is 3.73. The van der Waals surface area contributed by atoms with Crippen LogP contribution in [0.5, 0.6) is 0 Å². The van der Waals surface area contributed by atoms with Crippen LogP contribution in [0.4, 0.5) is 5.69 Å². The third-order valence-corrected chi connectivity index (χ3v) is 9.76. The molecule has 2 aromatic rings. The van der Waals surface area contributed by atoms with Crippen LogP contribution in [-0.2, 0) is 38.5 Å². The normalized spacial score (nSPS) is 16.9. The molecular weight excluding hydrogens is 406 g/mol. The van der Waals surface area contributed by atoms with Crippen molar-refractivity contribution in [1.29, 1.82) is 0 Å². The topological polar surface area (TPSA) is 71.5 Å². The zero-order valence-electron chi connectivity index (χ0n) is 17.3. The van der Waals surface area contributed by atoms with Crippen LogP contribution in [-0.4, -0.2) is 33.9 Å². The number of sulfonamides is 1. The number of sulfone groups is 1. The largest absolute Gasteiger partial charge is 0.270 e. The van der Waals surface area contributed by atoms with Crippen LogP contribution in [0.25, 0.3) is 0 Å². The molecule has 0 N–H and O–H groups in total. The zero-order valence-corrected chi connectivity index (χ0v) is 18.9. The monoisotopic (exact) mass is 435 g/mol. The summed E-state index contributed by atoms with van der Waals surface area (Å²) in [7, 11) is -6.37. The van der Waals surface area contributed by atoms with Gasteiger partial charge in [0.2, 0.25) is 10.0 Å². The summed E-state index contributed by atoms with van der Waals surface area (Å²) in [4.78, 5) is 0. The Bertz CT molecular complexity index is 1070. The van der Waals surface area contributed by atoms with Crippen molar-refractivity contribution in [1.82, 2.24) is 0 Å². The van der Waals surface area contributed by atoms with Crippen molar-refractivity contribution >= 4 is 25.5 Å². The second-order valence-corrected chi connectivity index (χ2v) is 13.4. The van der Waals surface area contributed by atoms with Crippen LogP contribution in [0.3, 0.4) is 0 Å². The van der Waals surface area contributed by atoms with Gasteiger partial charge in [-0.1, -0.05) is 36.4 Å². The lowest BCUT2D eigenvalue weighted by Crippen LogP contribution is -2.29. The van der Waals surface area contributed by atoms with E-state index in [0.29, 0.717) is 13.0 Å². The minimum atomic E-state index is -3.20. The zero-order chi connectivity index (χ0) is 21.3. The number of nitrogens with zero attached hydrogens (tertiary/aromatic N) is 1. The summed E-state index contributed by atoms with van der Waals surface area (Å²) in [5, 5.41) is 0. The van der Waals surface area contributed by atoms with E-state index in [9.17, 15) is 16.8 Å². The van der Waals surface area contributed by atoms with Crippen molar-refractivity contribution in [3.63, 3.8) is 0 Å². The number of hydrogen-bond donors (Lipinski definition) is 0. The van der Waals surface area contributed by atoms with Crippen molar-refractivity contribution < 1.29 is 16.8 Å². The Balaban J connectivity index is 1.64. The van der Waals surface area contributed by atoms with Gasteiger partial charge in [0.1, 0.15) is 0 Å². The van der Waals surface area contributed by atoms with Gasteiger partial charge in [0.15, 0.2) is 9.84 Å². The second kappa shape index (κ2) is 8.11. The minimum absolute atomic E-state index is 0.0448. The van der Waals surface area contributed by atoms with Crippen LogP contribution in [0.1, 0.15) is 43.9 Å². The van der Waals surface area contributed by atoms with Gasteiger partial charge in [-0.2, -0.15) is 0 Å². The molecule has 29 heavy (non-hydrogen) atoms. The lowest BCUT2D eigenvalue weighted by molar-refractivity contribution is 0.559. The fraction of sp³-hybridized carbons (Fsp3) is 0.455. The van der Waals surface area contributed by atoms with E-state index in [1.165, 1.54) is 4.31 Å². The first-order chi connectivity index (χ1) is 13.5. The lowest BCUT2D eigenvalue weighted by atomic mass is 10.0. The molecule has 0 unspecified atom stereocenters. The van der Waals surface area contributed by atoms with E-state index < -0.39 is 24.6 Å². The first-order valence-electron chi connectivity index (χ1n) is 9.87. The van der Waals surface area contributed by atoms with Crippen LogP contribution < -0.4 is 4.31 Å². The van der Waals surface area contributed by atoms with Gasteiger partial charge in [0, 0.05) is 6.54 Å². The van der Waals surface area contributed by atoms with Crippen molar-refractivity contribution in [2.75, 3.05) is 16.6 Å². The molecule has 1 fully saturated rings. The van der Waals surface area contributed by atoms with Crippen molar-refractivity contribution in [3.8, 4) is 0 Å². The Hall–Kier alpha value is -1.86. The van der Waals surface area contributed by atoms with Gasteiger partial charge in [-0.15, -0.1) is 0 Å². The summed E-state index contributed by atoms with van der Waals surface area (Å²) in [6.07, 6.45) is 2.27. The van der Waals surface area contributed by atoms with E-state index in [1.807, 2.05) is 48.5 Å². The molecular formula is C22H29NO4S2. The van der Waals surface area contributed by atoms with Gasteiger partial charge < -0.3 is 0 Å². The summed E-state index contributed by atoms with van der Waals surface area (Å²) in [5.74, 6) is 0.262. The van der Waals surface area contributed by atoms with Crippen LogP contribution in [0.2, 0.25) is 0 Å². The van der Waals surface area contributed by atoms with Crippen LogP contribution >= 0.6 is 0 Å². The first-order valence-corrected chi connectivity index (χ1v) is 13.1.